The summed E-state index contributed by atoms with van der Waals surface area (Å²) in [6.45, 7) is 17.0. The van der Waals surface area contributed by atoms with Gasteiger partial charge in [-0.25, -0.2) is 8.78 Å². The van der Waals surface area contributed by atoms with Crippen molar-refractivity contribution in [2.75, 3.05) is 9.80 Å². The van der Waals surface area contributed by atoms with E-state index in [-0.39, 0.29) is 11.6 Å². The van der Waals surface area contributed by atoms with Gasteiger partial charge in [0.05, 0.1) is 22.7 Å². The number of aryl methyl sites for hydroxylation is 8. The molecule has 0 aromatic heterocycles. The molecular formula is C72H58F2N2. The monoisotopic (exact) mass is 988 g/mol. The molecule has 0 radical (unpaired) electrons. The summed E-state index contributed by atoms with van der Waals surface area (Å²) >= 11 is 0. The lowest BCUT2D eigenvalue weighted by Crippen LogP contribution is -2.14. The molecule has 0 unspecified atom stereocenters. The molecule has 0 aliphatic heterocycles. The first-order valence-electron chi connectivity index (χ1n) is 26.2. The van der Waals surface area contributed by atoms with Crippen molar-refractivity contribution in [3.8, 4) is 44.5 Å². The number of benzene rings is 12. The predicted molar refractivity (Wildman–Crippen MR) is 319 cm³/mol. The predicted octanol–water partition coefficient (Wildman–Crippen LogP) is 20.9. The Morgan fingerprint density at radius 3 is 0.842 bits per heavy atom. The standard InChI is InChI=1S/C72H58F2N2/c1-43-19-15-20-44(2)67(43)57-39-61(73)65(41-59(57)69-47(5)23-17-24-48(69)6)75(53-27-11-9-12-28-53)63-37-33-51-32-36-56-64(38-34-52-31-35-55(63)71(51)72(52)56)76(54-29-13-10-14-30-54)66-42-60(70-49(7)25-18-26-50(70)8)58(40-62(66)74)68-45(3)21-16-22-46(68)4/h9-42H,1-8H3. The van der Waals surface area contributed by atoms with Crippen LogP contribution in [0.25, 0.3) is 76.8 Å². The fourth-order valence-corrected chi connectivity index (χ4v) is 12.4. The van der Waals surface area contributed by atoms with Crippen LogP contribution in [0.5, 0.6) is 0 Å². The molecule has 12 aromatic carbocycles. The van der Waals surface area contributed by atoms with Crippen molar-refractivity contribution < 1.29 is 8.78 Å². The molecule has 0 saturated heterocycles. The number of rotatable bonds is 10. The number of halogens is 2. The average Bonchev–Trinajstić information content (AvgIpc) is 3.50. The summed E-state index contributed by atoms with van der Waals surface area (Å²) in [4.78, 5) is 4.18. The number of para-hydroxylation sites is 2. The number of hydrogen-bond acceptors (Lipinski definition) is 2. The third-order valence-corrected chi connectivity index (χ3v) is 15.8. The summed E-state index contributed by atoms with van der Waals surface area (Å²) in [7, 11) is 0. The van der Waals surface area contributed by atoms with E-state index in [0.717, 1.165) is 144 Å². The van der Waals surface area contributed by atoms with Crippen molar-refractivity contribution >= 4 is 66.4 Å². The zero-order valence-corrected chi connectivity index (χ0v) is 44.3. The molecule has 0 atom stereocenters. The summed E-state index contributed by atoms with van der Waals surface area (Å²) in [6, 6.07) is 70.5. The molecule has 76 heavy (non-hydrogen) atoms. The molecule has 0 saturated carbocycles. The number of nitrogens with zero attached hydrogens (tertiary/aromatic N) is 2. The van der Waals surface area contributed by atoms with Crippen LogP contribution in [-0.2, 0) is 0 Å². The molecule has 12 aromatic rings. The normalized spacial score (nSPS) is 11.6. The van der Waals surface area contributed by atoms with E-state index in [9.17, 15) is 0 Å². The Bertz CT molecular complexity index is 3880. The summed E-state index contributed by atoms with van der Waals surface area (Å²) in [5, 5.41) is 6.14. The zero-order valence-electron chi connectivity index (χ0n) is 44.3. The van der Waals surface area contributed by atoms with Crippen molar-refractivity contribution in [2.24, 2.45) is 0 Å². The fourth-order valence-electron chi connectivity index (χ4n) is 12.4. The lowest BCUT2D eigenvalue weighted by Gasteiger charge is -2.31. The Morgan fingerprint density at radius 1 is 0.263 bits per heavy atom. The molecule has 2 nitrogen and oxygen atoms in total. The van der Waals surface area contributed by atoms with Crippen molar-refractivity contribution in [3.63, 3.8) is 0 Å². The fraction of sp³-hybridized carbons (Fsp3) is 0.111. The highest BCUT2D eigenvalue weighted by Gasteiger charge is 2.28. The molecule has 0 fully saturated rings. The van der Waals surface area contributed by atoms with E-state index in [4.69, 9.17) is 0 Å². The molecule has 12 rings (SSSR count). The smallest absolute Gasteiger partial charge is 0.147 e. The van der Waals surface area contributed by atoms with Gasteiger partial charge in [-0.05, 0) is 227 Å². The quantitative estimate of drug-likeness (QED) is 0.126. The molecule has 0 aliphatic rings. The number of hydrogen-bond donors (Lipinski definition) is 0. The maximum Gasteiger partial charge on any atom is 0.147 e. The van der Waals surface area contributed by atoms with Crippen LogP contribution < -0.4 is 9.80 Å². The molecule has 0 N–H and O–H groups in total. The minimum Gasteiger partial charge on any atom is -0.307 e. The van der Waals surface area contributed by atoms with Gasteiger partial charge in [-0.2, -0.15) is 0 Å². The maximum atomic E-state index is 17.9. The highest BCUT2D eigenvalue weighted by atomic mass is 19.1. The van der Waals surface area contributed by atoms with E-state index < -0.39 is 0 Å². The van der Waals surface area contributed by atoms with Gasteiger partial charge in [-0.15, -0.1) is 0 Å². The van der Waals surface area contributed by atoms with Crippen LogP contribution >= 0.6 is 0 Å². The van der Waals surface area contributed by atoms with Crippen molar-refractivity contribution in [2.45, 2.75) is 55.4 Å². The second-order valence-corrected chi connectivity index (χ2v) is 20.7. The van der Waals surface area contributed by atoms with Crippen LogP contribution in [0.3, 0.4) is 0 Å². The molecule has 4 heteroatoms. The van der Waals surface area contributed by atoms with Crippen molar-refractivity contribution in [1.29, 1.82) is 0 Å². The van der Waals surface area contributed by atoms with E-state index in [1.165, 1.54) is 0 Å². The van der Waals surface area contributed by atoms with E-state index in [0.29, 0.717) is 11.4 Å². The second kappa shape index (κ2) is 19.1. The van der Waals surface area contributed by atoms with Crippen LogP contribution in [0.1, 0.15) is 44.5 Å². The zero-order chi connectivity index (χ0) is 52.5. The Kier molecular flexibility index (Phi) is 12.1. The van der Waals surface area contributed by atoms with E-state index >= 15 is 8.78 Å². The molecule has 0 aliphatic carbocycles. The molecule has 0 spiro atoms. The van der Waals surface area contributed by atoms with Crippen molar-refractivity contribution in [3.05, 3.63) is 262 Å². The Balaban J connectivity index is 1.11. The number of anilines is 6. The van der Waals surface area contributed by atoms with Crippen LogP contribution in [0.4, 0.5) is 42.9 Å². The second-order valence-electron chi connectivity index (χ2n) is 20.7. The third-order valence-electron chi connectivity index (χ3n) is 15.8. The van der Waals surface area contributed by atoms with E-state index in [2.05, 4.69) is 223 Å². The third kappa shape index (κ3) is 7.99. The van der Waals surface area contributed by atoms with Crippen LogP contribution in [0.2, 0.25) is 0 Å². The van der Waals surface area contributed by atoms with E-state index in [1.807, 2.05) is 36.4 Å². The summed E-state index contributed by atoms with van der Waals surface area (Å²) in [6.07, 6.45) is 0. The van der Waals surface area contributed by atoms with Crippen LogP contribution in [0, 0.1) is 67.0 Å². The van der Waals surface area contributed by atoms with Gasteiger partial charge in [0, 0.05) is 22.1 Å². The summed E-state index contributed by atoms with van der Waals surface area (Å²) < 4.78 is 35.7. The topological polar surface area (TPSA) is 6.48 Å². The average molecular weight is 989 g/mol. The van der Waals surface area contributed by atoms with Gasteiger partial charge in [0.1, 0.15) is 11.6 Å². The lowest BCUT2D eigenvalue weighted by molar-refractivity contribution is 0.629. The van der Waals surface area contributed by atoms with Gasteiger partial charge in [-0.1, -0.05) is 146 Å². The van der Waals surface area contributed by atoms with Gasteiger partial charge in [-0.3, -0.25) is 0 Å². The first-order valence-corrected chi connectivity index (χ1v) is 26.2. The van der Waals surface area contributed by atoms with Gasteiger partial charge >= 0.3 is 0 Å². The Hall–Kier alpha value is -8.86. The molecular weight excluding hydrogens is 931 g/mol. The molecule has 370 valence electrons. The molecule has 0 amide bonds. The SMILES string of the molecule is Cc1cccc(C)c1-c1cc(F)c(N(c2ccccc2)c2ccc3ccc4c(N(c5ccccc5)c5cc(-c6c(C)cccc6C)c(-c6c(C)cccc6C)cc5F)ccc5ccc2c3c54)cc1-c1c(C)cccc1C. The molecule has 0 heterocycles. The Morgan fingerprint density at radius 2 is 0.539 bits per heavy atom. The summed E-state index contributed by atoms with van der Waals surface area (Å²) in [5.74, 6) is -0.650. The summed E-state index contributed by atoms with van der Waals surface area (Å²) in [5.41, 5.74) is 21.1. The Labute approximate surface area is 445 Å². The minimum absolute atomic E-state index is 0.325. The van der Waals surface area contributed by atoms with Crippen LogP contribution in [-0.4, -0.2) is 0 Å². The first-order chi connectivity index (χ1) is 36.9. The van der Waals surface area contributed by atoms with E-state index in [1.54, 1.807) is 12.1 Å². The van der Waals surface area contributed by atoms with Gasteiger partial charge < -0.3 is 9.80 Å². The highest BCUT2D eigenvalue weighted by Crippen LogP contribution is 2.51. The minimum atomic E-state index is -0.325. The lowest BCUT2D eigenvalue weighted by atomic mass is 9.85. The van der Waals surface area contributed by atoms with Gasteiger partial charge in [0.2, 0.25) is 0 Å². The van der Waals surface area contributed by atoms with Crippen LogP contribution in [0.15, 0.2) is 206 Å². The first kappa shape index (κ1) is 48.1. The van der Waals surface area contributed by atoms with Crippen molar-refractivity contribution in [1.82, 2.24) is 0 Å². The van der Waals surface area contributed by atoms with Gasteiger partial charge in [0.15, 0.2) is 0 Å². The largest absolute Gasteiger partial charge is 0.307 e. The van der Waals surface area contributed by atoms with Gasteiger partial charge in [0.25, 0.3) is 0 Å². The highest BCUT2D eigenvalue weighted by molar-refractivity contribution is 6.28. The maximum absolute atomic E-state index is 17.9. The molecule has 0 bridgehead atoms.